The van der Waals surface area contributed by atoms with E-state index in [0.29, 0.717) is 12.0 Å². The molecule has 4 heteroatoms. The smallest absolute Gasteiger partial charge is 0.251 e. The van der Waals surface area contributed by atoms with Gasteiger partial charge in [-0.1, -0.05) is 13.8 Å². The average Bonchev–Trinajstić information content (AvgIpc) is 2.76. The first-order chi connectivity index (χ1) is 8.02. The van der Waals surface area contributed by atoms with E-state index in [0.717, 1.165) is 38.8 Å². The van der Waals surface area contributed by atoms with E-state index >= 15 is 0 Å². The van der Waals surface area contributed by atoms with Crippen LogP contribution in [0.2, 0.25) is 0 Å². The first-order valence-corrected chi connectivity index (χ1v) is 6.66. The molecule has 0 unspecified atom stereocenters. The molecular weight excluding hydrogens is 216 g/mol. The van der Waals surface area contributed by atoms with Crippen LogP contribution in [0.15, 0.2) is 0 Å². The molecule has 2 aliphatic heterocycles. The fourth-order valence-corrected chi connectivity index (χ4v) is 2.60. The van der Waals surface area contributed by atoms with E-state index in [9.17, 15) is 4.79 Å². The summed E-state index contributed by atoms with van der Waals surface area (Å²) in [5.74, 6) is 0.177. The van der Waals surface area contributed by atoms with Crippen LogP contribution in [0.3, 0.4) is 0 Å². The zero-order valence-electron chi connectivity index (χ0n) is 10.9. The van der Waals surface area contributed by atoms with Gasteiger partial charge in [-0.3, -0.25) is 4.79 Å². The van der Waals surface area contributed by atoms with Crippen molar-refractivity contribution >= 4 is 5.91 Å². The van der Waals surface area contributed by atoms with Gasteiger partial charge >= 0.3 is 0 Å². The molecule has 0 spiro atoms. The van der Waals surface area contributed by atoms with Crippen LogP contribution in [-0.2, 0) is 9.53 Å². The number of carbonyl (C=O) groups excluding carboxylic acids is 1. The van der Waals surface area contributed by atoms with Crippen molar-refractivity contribution in [2.75, 3.05) is 19.6 Å². The Bertz CT molecular complexity index is 281. The number of piperidine rings is 1. The minimum atomic E-state index is -0.232. The van der Waals surface area contributed by atoms with E-state index in [1.807, 2.05) is 4.90 Å². The molecule has 4 nitrogen and oxygen atoms in total. The predicted molar refractivity (Wildman–Crippen MR) is 66.5 cm³/mol. The molecule has 2 saturated heterocycles. The Hall–Kier alpha value is -0.610. The van der Waals surface area contributed by atoms with Gasteiger partial charge in [0.2, 0.25) is 0 Å². The fraction of sp³-hybridized carbons (Fsp3) is 0.923. The number of hydrogen-bond acceptors (Lipinski definition) is 3. The van der Waals surface area contributed by atoms with Crippen LogP contribution in [0.25, 0.3) is 0 Å². The summed E-state index contributed by atoms with van der Waals surface area (Å²) in [5.41, 5.74) is 5.94. The lowest BCUT2D eigenvalue weighted by atomic mass is 9.82. The topological polar surface area (TPSA) is 55.6 Å². The van der Waals surface area contributed by atoms with Crippen molar-refractivity contribution in [1.29, 1.82) is 0 Å². The third kappa shape index (κ3) is 2.99. The minimum absolute atomic E-state index is 0.0881. The van der Waals surface area contributed by atoms with Crippen molar-refractivity contribution in [2.45, 2.75) is 51.7 Å². The Labute approximate surface area is 103 Å². The Morgan fingerprint density at radius 3 is 2.53 bits per heavy atom. The molecule has 2 rings (SSSR count). The molecule has 2 fully saturated rings. The lowest BCUT2D eigenvalue weighted by molar-refractivity contribution is -0.144. The van der Waals surface area contributed by atoms with Crippen molar-refractivity contribution in [3.8, 4) is 0 Å². The molecule has 0 bridgehead atoms. The van der Waals surface area contributed by atoms with E-state index in [1.54, 1.807) is 0 Å². The van der Waals surface area contributed by atoms with Crippen molar-refractivity contribution in [3.05, 3.63) is 0 Å². The van der Waals surface area contributed by atoms with Gasteiger partial charge in [0.25, 0.3) is 5.91 Å². The van der Waals surface area contributed by atoms with Crippen molar-refractivity contribution in [1.82, 2.24) is 4.90 Å². The molecule has 0 saturated carbocycles. The highest BCUT2D eigenvalue weighted by Crippen LogP contribution is 2.31. The van der Waals surface area contributed by atoms with E-state index in [4.69, 9.17) is 10.5 Å². The highest BCUT2D eigenvalue weighted by atomic mass is 16.5. The molecule has 98 valence electrons. The van der Waals surface area contributed by atoms with Crippen LogP contribution in [0, 0.1) is 5.41 Å². The summed E-state index contributed by atoms with van der Waals surface area (Å²) in [4.78, 5) is 14.2. The second-order valence-corrected chi connectivity index (χ2v) is 6.05. The molecular formula is C13H24N2O2. The molecule has 2 N–H and O–H groups in total. The van der Waals surface area contributed by atoms with Gasteiger partial charge in [0.15, 0.2) is 0 Å². The first-order valence-electron chi connectivity index (χ1n) is 6.66. The molecule has 17 heavy (non-hydrogen) atoms. The molecule has 2 heterocycles. The monoisotopic (exact) mass is 240 g/mol. The molecule has 0 aromatic rings. The summed E-state index contributed by atoms with van der Waals surface area (Å²) in [5, 5.41) is 0. The maximum absolute atomic E-state index is 12.2. The van der Waals surface area contributed by atoms with E-state index in [-0.39, 0.29) is 18.1 Å². The van der Waals surface area contributed by atoms with Crippen molar-refractivity contribution in [3.63, 3.8) is 0 Å². The number of rotatable bonds is 2. The summed E-state index contributed by atoms with van der Waals surface area (Å²) < 4.78 is 5.66. The zero-order valence-corrected chi connectivity index (χ0v) is 10.9. The fourth-order valence-electron chi connectivity index (χ4n) is 2.60. The Balaban J connectivity index is 1.85. The molecule has 0 aromatic heterocycles. The molecule has 0 radical (unpaired) electrons. The number of likely N-dealkylation sites (tertiary alicyclic amines) is 1. The largest absolute Gasteiger partial charge is 0.364 e. The van der Waals surface area contributed by atoms with E-state index in [1.165, 1.54) is 0 Å². The van der Waals surface area contributed by atoms with Gasteiger partial charge in [0.05, 0.1) is 6.10 Å². The lowest BCUT2D eigenvalue weighted by Crippen LogP contribution is -2.45. The lowest BCUT2D eigenvalue weighted by Gasteiger charge is -2.37. The van der Waals surface area contributed by atoms with Gasteiger partial charge in [-0.15, -0.1) is 0 Å². The van der Waals surface area contributed by atoms with E-state index in [2.05, 4.69) is 13.8 Å². The summed E-state index contributed by atoms with van der Waals surface area (Å²) in [6, 6.07) is 0. The van der Waals surface area contributed by atoms with Crippen LogP contribution in [0.5, 0.6) is 0 Å². The van der Waals surface area contributed by atoms with Gasteiger partial charge in [-0.25, -0.2) is 0 Å². The van der Waals surface area contributed by atoms with Crippen molar-refractivity contribution < 1.29 is 9.53 Å². The Morgan fingerprint density at radius 1 is 1.35 bits per heavy atom. The SMILES string of the molecule is CC1(C)CCN(C(=O)[C@@H]2CC[C@H](CN)O2)CC1. The second kappa shape index (κ2) is 4.94. The molecule has 2 atom stereocenters. The number of nitrogens with zero attached hydrogens (tertiary/aromatic N) is 1. The highest BCUT2D eigenvalue weighted by molar-refractivity contribution is 5.81. The maximum atomic E-state index is 12.2. The van der Waals surface area contributed by atoms with Crippen LogP contribution in [0.1, 0.15) is 39.5 Å². The maximum Gasteiger partial charge on any atom is 0.251 e. The van der Waals surface area contributed by atoms with Gasteiger partial charge in [0.1, 0.15) is 6.10 Å². The number of carbonyl (C=O) groups is 1. The van der Waals surface area contributed by atoms with Crippen LogP contribution < -0.4 is 5.73 Å². The predicted octanol–water partition coefficient (Wildman–Crippen LogP) is 1.14. The number of amides is 1. The highest BCUT2D eigenvalue weighted by Gasteiger charge is 2.35. The van der Waals surface area contributed by atoms with Gasteiger partial charge < -0.3 is 15.4 Å². The Kier molecular flexibility index (Phi) is 3.73. The minimum Gasteiger partial charge on any atom is -0.364 e. The molecule has 0 aliphatic carbocycles. The zero-order chi connectivity index (χ0) is 12.5. The third-order valence-electron chi connectivity index (χ3n) is 4.07. The van der Waals surface area contributed by atoms with Crippen LogP contribution in [-0.4, -0.2) is 42.6 Å². The summed E-state index contributed by atoms with van der Waals surface area (Å²) in [7, 11) is 0. The first kappa shape index (κ1) is 12.8. The average molecular weight is 240 g/mol. The van der Waals surface area contributed by atoms with Crippen LogP contribution in [0.4, 0.5) is 0 Å². The quantitative estimate of drug-likeness (QED) is 0.787. The number of nitrogens with two attached hydrogens (primary N) is 1. The van der Waals surface area contributed by atoms with Gasteiger partial charge in [-0.2, -0.15) is 0 Å². The summed E-state index contributed by atoms with van der Waals surface area (Å²) in [6.07, 6.45) is 3.79. The normalized spacial score (nSPS) is 32.8. The third-order valence-corrected chi connectivity index (χ3v) is 4.07. The summed E-state index contributed by atoms with van der Waals surface area (Å²) in [6.45, 7) is 6.81. The van der Waals surface area contributed by atoms with Gasteiger partial charge in [-0.05, 0) is 31.1 Å². The van der Waals surface area contributed by atoms with Gasteiger partial charge in [0, 0.05) is 19.6 Å². The van der Waals surface area contributed by atoms with E-state index < -0.39 is 0 Å². The van der Waals surface area contributed by atoms with Crippen molar-refractivity contribution in [2.24, 2.45) is 11.1 Å². The summed E-state index contributed by atoms with van der Waals surface area (Å²) >= 11 is 0. The molecule has 2 aliphatic rings. The standard InChI is InChI=1S/C13H24N2O2/c1-13(2)5-7-15(8-6-13)12(16)11-4-3-10(9-14)17-11/h10-11H,3-9,14H2,1-2H3/t10-,11+/m1/s1. The molecule has 0 aromatic carbocycles. The molecule has 1 amide bonds. The Morgan fingerprint density at radius 2 is 2.00 bits per heavy atom. The second-order valence-electron chi connectivity index (χ2n) is 6.05. The number of hydrogen-bond donors (Lipinski definition) is 1. The number of ether oxygens (including phenoxy) is 1. The van der Waals surface area contributed by atoms with Crippen LogP contribution >= 0.6 is 0 Å².